The summed E-state index contributed by atoms with van der Waals surface area (Å²) in [6.07, 6.45) is 1.95. The van der Waals surface area contributed by atoms with Gasteiger partial charge in [-0.05, 0) is 19.3 Å². The van der Waals surface area contributed by atoms with Gasteiger partial charge in [0, 0.05) is 25.9 Å². The lowest BCUT2D eigenvalue weighted by molar-refractivity contribution is -0.137. The Morgan fingerprint density at radius 1 is 1.05 bits per heavy atom. The van der Waals surface area contributed by atoms with Crippen molar-refractivity contribution in [3.05, 3.63) is 0 Å². The van der Waals surface area contributed by atoms with Gasteiger partial charge in [-0.1, -0.05) is 0 Å². The number of nitrogens with one attached hydrogen (secondary N) is 2. The van der Waals surface area contributed by atoms with Crippen molar-refractivity contribution in [3.63, 3.8) is 0 Å². The number of imide groups is 1. The number of nitrogens with zero attached hydrogens (tertiary/aromatic N) is 1. The summed E-state index contributed by atoms with van der Waals surface area (Å²) in [6, 6.07) is -0.738. The molecule has 0 bridgehead atoms. The fourth-order valence-corrected chi connectivity index (χ4v) is 1.87. The van der Waals surface area contributed by atoms with Crippen molar-refractivity contribution in [2.24, 2.45) is 0 Å². The number of aliphatic carboxylic acids is 1. The Hall–Kier alpha value is -2.12. The standard InChI is InChI=1S/C12H19N3O5/c16-9(4-3-5-11(18)19)14-12(20)13-8-10(17)15-6-1-2-7-15/h1-8H2,(H,18,19)(H2,13,14,16,20). The molecule has 20 heavy (non-hydrogen) atoms. The molecule has 0 atom stereocenters. The van der Waals surface area contributed by atoms with Crippen LogP contribution in [0.3, 0.4) is 0 Å². The SMILES string of the molecule is O=C(O)CCCC(=O)NC(=O)NCC(=O)N1CCCC1. The highest BCUT2D eigenvalue weighted by Crippen LogP contribution is 2.06. The van der Waals surface area contributed by atoms with Crippen LogP contribution >= 0.6 is 0 Å². The molecule has 0 aromatic heterocycles. The van der Waals surface area contributed by atoms with Crippen LogP contribution in [0.15, 0.2) is 0 Å². The molecule has 4 amide bonds. The number of carboxylic acid groups (broad SMARTS) is 1. The summed E-state index contributed by atoms with van der Waals surface area (Å²) in [5.41, 5.74) is 0. The van der Waals surface area contributed by atoms with E-state index in [9.17, 15) is 19.2 Å². The first-order valence-corrected chi connectivity index (χ1v) is 6.56. The Morgan fingerprint density at radius 3 is 2.30 bits per heavy atom. The van der Waals surface area contributed by atoms with Crippen molar-refractivity contribution in [2.45, 2.75) is 32.1 Å². The normalized spacial score (nSPS) is 13.9. The van der Waals surface area contributed by atoms with E-state index in [1.807, 2.05) is 5.32 Å². The van der Waals surface area contributed by atoms with Gasteiger partial charge in [-0.2, -0.15) is 0 Å². The Balaban J connectivity index is 2.14. The number of hydrogen-bond donors (Lipinski definition) is 3. The largest absolute Gasteiger partial charge is 0.481 e. The van der Waals surface area contributed by atoms with Crippen LogP contribution in [-0.4, -0.2) is 53.5 Å². The third-order valence-corrected chi connectivity index (χ3v) is 2.91. The second-order valence-corrected chi connectivity index (χ2v) is 4.57. The van der Waals surface area contributed by atoms with Crippen molar-refractivity contribution in [2.75, 3.05) is 19.6 Å². The van der Waals surface area contributed by atoms with Gasteiger partial charge in [-0.3, -0.25) is 19.7 Å². The van der Waals surface area contributed by atoms with Crippen LogP contribution in [0.4, 0.5) is 4.79 Å². The lowest BCUT2D eigenvalue weighted by Crippen LogP contribution is -2.44. The predicted molar refractivity (Wildman–Crippen MR) is 68.8 cm³/mol. The highest BCUT2D eigenvalue weighted by Gasteiger charge is 2.18. The molecule has 1 rings (SSSR count). The molecule has 8 heteroatoms. The second-order valence-electron chi connectivity index (χ2n) is 4.57. The molecule has 0 saturated carbocycles. The molecule has 0 aromatic rings. The van der Waals surface area contributed by atoms with E-state index in [2.05, 4.69) is 5.32 Å². The summed E-state index contributed by atoms with van der Waals surface area (Å²) in [7, 11) is 0. The summed E-state index contributed by atoms with van der Waals surface area (Å²) in [4.78, 5) is 46.1. The summed E-state index contributed by atoms with van der Waals surface area (Å²) in [6.45, 7) is 1.26. The zero-order valence-corrected chi connectivity index (χ0v) is 11.2. The molecule has 1 heterocycles. The molecular weight excluding hydrogens is 266 g/mol. The average Bonchev–Trinajstić information content (AvgIpc) is 2.89. The topological polar surface area (TPSA) is 116 Å². The highest BCUT2D eigenvalue weighted by molar-refractivity contribution is 5.95. The number of rotatable bonds is 6. The number of hydrogen-bond acceptors (Lipinski definition) is 4. The summed E-state index contributed by atoms with van der Waals surface area (Å²) in [5.74, 6) is -1.72. The maximum Gasteiger partial charge on any atom is 0.321 e. The Labute approximate surface area is 116 Å². The maximum absolute atomic E-state index is 11.6. The lowest BCUT2D eigenvalue weighted by atomic mass is 10.2. The van der Waals surface area contributed by atoms with E-state index in [1.165, 1.54) is 0 Å². The molecule has 0 aromatic carbocycles. The molecule has 0 unspecified atom stereocenters. The fraction of sp³-hybridized carbons (Fsp3) is 0.667. The van der Waals surface area contributed by atoms with Crippen molar-refractivity contribution >= 4 is 23.8 Å². The Morgan fingerprint density at radius 2 is 1.70 bits per heavy atom. The van der Waals surface area contributed by atoms with E-state index >= 15 is 0 Å². The minimum Gasteiger partial charge on any atom is -0.481 e. The van der Waals surface area contributed by atoms with E-state index < -0.39 is 17.9 Å². The minimum atomic E-state index is -0.988. The van der Waals surface area contributed by atoms with Gasteiger partial charge in [-0.25, -0.2) is 4.79 Å². The monoisotopic (exact) mass is 285 g/mol. The van der Waals surface area contributed by atoms with Crippen LogP contribution in [0.5, 0.6) is 0 Å². The first-order chi connectivity index (χ1) is 9.49. The molecule has 0 radical (unpaired) electrons. The first kappa shape index (κ1) is 15.9. The Kier molecular flexibility index (Phi) is 6.48. The van der Waals surface area contributed by atoms with Gasteiger partial charge in [0.25, 0.3) is 0 Å². The van der Waals surface area contributed by atoms with Gasteiger partial charge < -0.3 is 15.3 Å². The van der Waals surface area contributed by atoms with Crippen LogP contribution in [0.1, 0.15) is 32.1 Å². The molecule has 3 N–H and O–H groups in total. The first-order valence-electron chi connectivity index (χ1n) is 6.56. The lowest BCUT2D eigenvalue weighted by Gasteiger charge is -2.15. The van der Waals surface area contributed by atoms with Gasteiger partial charge >= 0.3 is 12.0 Å². The second kappa shape index (κ2) is 8.13. The van der Waals surface area contributed by atoms with E-state index in [-0.39, 0.29) is 31.7 Å². The maximum atomic E-state index is 11.6. The number of carbonyl (C=O) groups is 4. The average molecular weight is 285 g/mol. The molecule has 8 nitrogen and oxygen atoms in total. The summed E-state index contributed by atoms with van der Waals surface area (Å²) < 4.78 is 0. The van der Waals surface area contributed by atoms with E-state index in [0.717, 1.165) is 12.8 Å². The number of likely N-dealkylation sites (tertiary alicyclic amines) is 1. The van der Waals surface area contributed by atoms with Crippen molar-refractivity contribution in [1.29, 1.82) is 0 Å². The number of carbonyl (C=O) groups excluding carboxylic acids is 3. The van der Waals surface area contributed by atoms with Crippen molar-refractivity contribution in [1.82, 2.24) is 15.5 Å². The third-order valence-electron chi connectivity index (χ3n) is 2.91. The molecule has 1 aliphatic heterocycles. The van der Waals surface area contributed by atoms with Gasteiger partial charge in [-0.15, -0.1) is 0 Å². The van der Waals surface area contributed by atoms with Gasteiger partial charge in [0.1, 0.15) is 0 Å². The molecule has 0 aliphatic carbocycles. The van der Waals surface area contributed by atoms with Crippen LogP contribution in [0, 0.1) is 0 Å². The highest BCUT2D eigenvalue weighted by atomic mass is 16.4. The van der Waals surface area contributed by atoms with Gasteiger partial charge in [0.15, 0.2) is 0 Å². The summed E-state index contributed by atoms with van der Waals surface area (Å²) >= 11 is 0. The molecule has 1 saturated heterocycles. The van der Waals surface area contributed by atoms with Gasteiger partial charge in [0.2, 0.25) is 11.8 Å². The van der Waals surface area contributed by atoms with Crippen molar-refractivity contribution < 1.29 is 24.3 Å². The quantitative estimate of drug-likeness (QED) is 0.619. The number of amides is 4. The smallest absolute Gasteiger partial charge is 0.321 e. The predicted octanol–water partition coefficient (Wildman–Crippen LogP) is -0.310. The number of carboxylic acids is 1. The van der Waals surface area contributed by atoms with E-state index in [1.54, 1.807) is 4.90 Å². The molecule has 112 valence electrons. The van der Waals surface area contributed by atoms with Crippen LogP contribution in [0.25, 0.3) is 0 Å². The molecule has 1 fully saturated rings. The van der Waals surface area contributed by atoms with E-state index in [4.69, 9.17) is 5.11 Å². The molecular formula is C12H19N3O5. The Bertz CT molecular complexity index is 391. The summed E-state index contributed by atoms with van der Waals surface area (Å²) in [5, 5.41) is 12.8. The molecule has 0 spiro atoms. The van der Waals surface area contributed by atoms with Crippen LogP contribution in [-0.2, 0) is 14.4 Å². The van der Waals surface area contributed by atoms with E-state index in [0.29, 0.717) is 13.1 Å². The van der Waals surface area contributed by atoms with Crippen LogP contribution < -0.4 is 10.6 Å². The zero-order chi connectivity index (χ0) is 15.0. The van der Waals surface area contributed by atoms with Gasteiger partial charge in [0.05, 0.1) is 6.54 Å². The minimum absolute atomic E-state index is 0.0419. The zero-order valence-electron chi connectivity index (χ0n) is 11.2. The fourth-order valence-electron chi connectivity index (χ4n) is 1.87. The third kappa shape index (κ3) is 6.17. The number of urea groups is 1. The van der Waals surface area contributed by atoms with Crippen LogP contribution in [0.2, 0.25) is 0 Å². The van der Waals surface area contributed by atoms with Crippen molar-refractivity contribution in [3.8, 4) is 0 Å². The molecule has 1 aliphatic rings.